The van der Waals surface area contributed by atoms with Crippen molar-refractivity contribution >= 4 is 0 Å². The summed E-state index contributed by atoms with van der Waals surface area (Å²) in [6, 6.07) is 0.653. The molecule has 1 saturated heterocycles. The first-order valence-electron chi connectivity index (χ1n) is 7.70. The molecule has 114 valence electrons. The summed E-state index contributed by atoms with van der Waals surface area (Å²) in [7, 11) is 0. The molecule has 2 rings (SSSR count). The fraction of sp³-hybridized carbons (Fsp3) is 0.857. The monoisotopic (exact) mass is 281 g/mol. The second-order valence-corrected chi connectivity index (χ2v) is 5.25. The summed E-state index contributed by atoms with van der Waals surface area (Å²) < 4.78 is 7.38. The van der Waals surface area contributed by atoms with Crippen molar-refractivity contribution in [1.82, 2.24) is 24.6 Å². The molecule has 0 N–H and O–H groups in total. The van der Waals surface area contributed by atoms with Crippen LogP contribution >= 0.6 is 0 Å². The Morgan fingerprint density at radius 2 is 2.10 bits per heavy atom. The van der Waals surface area contributed by atoms with Crippen LogP contribution in [0.4, 0.5) is 0 Å². The highest BCUT2D eigenvalue weighted by Gasteiger charge is 2.25. The first kappa shape index (κ1) is 15.4. The number of hydrogen-bond acceptors (Lipinski definition) is 5. The lowest BCUT2D eigenvalue weighted by Gasteiger charge is -2.41. The minimum Gasteiger partial charge on any atom is -0.380 e. The van der Waals surface area contributed by atoms with Crippen molar-refractivity contribution in [2.45, 2.75) is 32.9 Å². The van der Waals surface area contributed by atoms with Crippen LogP contribution in [0.1, 0.15) is 20.3 Å². The van der Waals surface area contributed by atoms with Gasteiger partial charge in [0.25, 0.3) is 0 Å². The van der Waals surface area contributed by atoms with Gasteiger partial charge in [-0.1, -0.05) is 6.92 Å². The van der Waals surface area contributed by atoms with E-state index in [1.165, 1.54) is 6.42 Å². The molecule has 0 aromatic carbocycles. The average molecular weight is 281 g/mol. The summed E-state index contributed by atoms with van der Waals surface area (Å²) in [6.45, 7) is 12.5. The summed E-state index contributed by atoms with van der Waals surface area (Å²) in [4.78, 5) is 9.09. The Morgan fingerprint density at radius 3 is 2.80 bits per heavy atom. The number of piperazine rings is 1. The van der Waals surface area contributed by atoms with Gasteiger partial charge in [0.2, 0.25) is 0 Å². The van der Waals surface area contributed by atoms with Crippen LogP contribution in [-0.4, -0.2) is 76.5 Å². The highest BCUT2D eigenvalue weighted by Crippen LogP contribution is 2.12. The first-order valence-corrected chi connectivity index (χ1v) is 7.70. The minimum atomic E-state index is 0.653. The minimum absolute atomic E-state index is 0.653. The van der Waals surface area contributed by atoms with Crippen LogP contribution < -0.4 is 0 Å². The molecule has 1 unspecified atom stereocenters. The first-order chi connectivity index (χ1) is 9.83. The van der Waals surface area contributed by atoms with Gasteiger partial charge in [0.1, 0.15) is 12.7 Å². The van der Waals surface area contributed by atoms with E-state index in [4.69, 9.17) is 4.74 Å². The van der Waals surface area contributed by atoms with Crippen LogP contribution in [0.2, 0.25) is 0 Å². The molecule has 1 aromatic rings. The van der Waals surface area contributed by atoms with Crippen molar-refractivity contribution in [2.75, 3.05) is 45.9 Å². The van der Waals surface area contributed by atoms with Crippen molar-refractivity contribution < 1.29 is 4.74 Å². The Labute approximate surface area is 121 Å². The van der Waals surface area contributed by atoms with Crippen molar-refractivity contribution in [2.24, 2.45) is 0 Å². The predicted octanol–water partition coefficient (Wildman–Crippen LogP) is 0.711. The predicted molar refractivity (Wildman–Crippen MR) is 78.6 cm³/mol. The molecular weight excluding hydrogens is 254 g/mol. The van der Waals surface area contributed by atoms with Crippen LogP contribution in [0.3, 0.4) is 0 Å². The molecule has 0 aliphatic carbocycles. The maximum atomic E-state index is 5.48. The Bertz CT molecular complexity index is 356. The van der Waals surface area contributed by atoms with Crippen LogP contribution in [0.15, 0.2) is 12.7 Å². The van der Waals surface area contributed by atoms with Gasteiger partial charge in [-0.3, -0.25) is 14.5 Å². The number of nitrogens with zero attached hydrogens (tertiary/aromatic N) is 5. The van der Waals surface area contributed by atoms with Crippen LogP contribution in [-0.2, 0) is 11.3 Å². The SMILES string of the molecule is CCOCCN1CCN(CCn2cncn2)CC1CC. The molecule has 1 aliphatic heterocycles. The van der Waals surface area contributed by atoms with Gasteiger partial charge in [-0.25, -0.2) is 4.98 Å². The summed E-state index contributed by atoms with van der Waals surface area (Å²) >= 11 is 0. The van der Waals surface area contributed by atoms with Crippen LogP contribution in [0.25, 0.3) is 0 Å². The molecule has 0 radical (unpaired) electrons. The van der Waals surface area contributed by atoms with Gasteiger partial charge >= 0.3 is 0 Å². The van der Waals surface area contributed by atoms with Gasteiger partial charge in [-0.2, -0.15) is 5.10 Å². The lowest BCUT2D eigenvalue weighted by molar-refractivity contribution is 0.0399. The Balaban J connectivity index is 1.73. The van der Waals surface area contributed by atoms with Crippen LogP contribution in [0, 0.1) is 0 Å². The molecule has 2 heterocycles. The number of rotatable bonds is 8. The molecule has 1 aromatic heterocycles. The summed E-state index contributed by atoms with van der Waals surface area (Å²) in [5, 5.41) is 4.16. The van der Waals surface area contributed by atoms with Gasteiger partial charge < -0.3 is 4.74 Å². The molecule has 0 bridgehead atoms. The molecule has 6 nitrogen and oxygen atoms in total. The maximum Gasteiger partial charge on any atom is 0.137 e. The van der Waals surface area contributed by atoms with E-state index in [1.54, 1.807) is 12.7 Å². The Kier molecular flexibility index (Phi) is 6.42. The third-order valence-corrected chi connectivity index (χ3v) is 4.00. The van der Waals surface area contributed by atoms with Gasteiger partial charge in [0, 0.05) is 45.4 Å². The zero-order valence-electron chi connectivity index (χ0n) is 12.7. The topological polar surface area (TPSA) is 46.4 Å². The molecule has 1 fully saturated rings. The quantitative estimate of drug-likeness (QED) is 0.657. The van der Waals surface area contributed by atoms with E-state index in [-0.39, 0.29) is 0 Å². The van der Waals surface area contributed by atoms with E-state index >= 15 is 0 Å². The maximum absolute atomic E-state index is 5.48. The lowest BCUT2D eigenvalue weighted by atomic mass is 10.1. The lowest BCUT2D eigenvalue weighted by Crippen LogP contribution is -2.54. The van der Waals surface area contributed by atoms with E-state index in [1.807, 2.05) is 4.68 Å². The van der Waals surface area contributed by atoms with E-state index in [0.29, 0.717) is 6.04 Å². The molecule has 1 aliphatic rings. The van der Waals surface area contributed by atoms with E-state index in [2.05, 4.69) is 33.7 Å². The largest absolute Gasteiger partial charge is 0.380 e. The summed E-state index contributed by atoms with van der Waals surface area (Å²) in [5.74, 6) is 0. The smallest absolute Gasteiger partial charge is 0.137 e. The fourth-order valence-corrected chi connectivity index (χ4v) is 2.76. The molecule has 0 amide bonds. The highest BCUT2D eigenvalue weighted by atomic mass is 16.5. The second-order valence-electron chi connectivity index (χ2n) is 5.25. The summed E-state index contributed by atoms with van der Waals surface area (Å²) in [6.07, 6.45) is 4.59. The molecule has 1 atom stereocenters. The number of aromatic nitrogens is 3. The molecular formula is C14H27N5O. The molecule has 0 saturated carbocycles. The van der Waals surface area contributed by atoms with E-state index < -0.39 is 0 Å². The summed E-state index contributed by atoms with van der Waals surface area (Å²) in [5.41, 5.74) is 0. The zero-order chi connectivity index (χ0) is 14.2. The van der Waals surface area contributed by atoms with Gasteiger partial charge in [0.15, 0.2) is 0 Å². The standard InChI is InChI=1S/C14H27N5O/c1-3-14-11-17(6-8-19-13-15-12-16-19)5-7-18(14)9-10-20-4-2/h12-14H,3-11H2,1-2H3. The third-order valence-electron chi connectivity index (χ3n) is 4.00. The molecule has 6 heteroatoms. The Morgan fingerprint density at radius 1 is 1.20 bits per heavy atom. The van der Waals surface area contributed by atoms with Gasteiger partial charge in [-0.05, 0) is 13.3 Å². The zero-order valence-corrected chi connectivity index (χ0v) is 12.7. The Hall–Kier alpha value is -0.980. The van der Waals surface area contributed by atoms with Crippen molar-refractivity contribution in [3.63, 3.8) is 0 Å². The average Bonchev–Trinajstić information content (AvgIpc) is 2.99. The highest BCUT2D eigenvalue weighted by molar-refractivity contribution is 4.81. The van der Waals surface area contributed by atoms with Gasteiger partial charge in [-0.15, -0.1) is 0 Å². The fourth-order valence-electron chi connectivity index (χ4n) is 2.76. The second kappa shape index (κ2) is 8.34. The molecule has 0 spiro atoms. The number of ether oxygens (including phenoxy) is 1. The van der Waals surface area contributed by atoms with Gasteiger partial charge in [0.05, 0.1) is 13.2 Å². The molecule has 20 heavy (non-hydrogen) atoms. The van der Waals surface area contributed by atoms with Crippen molar-refractivity contribution in [3.05, 3.63) is 12.7 Å². The van der Waals surface area contributed by atoms with Crippen LogP contribution in [0.5, 0.6) is 0 Å². The van der Waals surface area contributed by atoms with E-state index in [0.717, 1.165) is 52.5 Å². The number of hydrogen-bond donors (Lipinski definition) is 0. The van der Waals surface area contributed by atoms with E-state index in [9.17, 15) is 0 Å². The van der Waals surface area contributed by atoms with Crippen molar-refractivity contribution in [1.29, 1.82) is 0 Å². The normalized spacial score (nSPS) is 21.4. The third kappa shape index (κ3) is 4.54. The van der Waals surface area contributed by atoms with Crippen molar-refractivity contribution in [3.8, 4) is 0 Å².